The zero-order valence-corrected chi connectivity index (χ0v) is 11.5. The monoisotopic (exact) mass is 269 g/mol. The van der Waals surface area contributed by atoms with Gasteiger partial charge in [-0.3, -0.25) is 9.78 Å². The summed E-state index contributed by atoms with van der Waals surface area (Å²) in [7, 11) is 0. The van der Waals surface area contributed by atoms with Crippen LogP contribution in [0.4, 0.5) is 0 Å². The molecule has 4 nitrogen and oxygen atoms in total. The lowest BCUT2D eigenvalue weighted by Crippen LogP contribution is -2.42. The van der Waals surface area contributed by atoms with Crippen LogP contribution in [0.15, 0.2) is 36.5 Å². The minimum absolute atomic E-state index is 0.0988. The maximum Gasteiger partial charge on any atom is 0.254 e. The summed E-state index contributed by atoms with van der Waals surface area (Å²) < 4.78 is 0. The number of fused-ring (bicyclic) bond motifs is 1. The normalized spacial score (nSPS) is 19.2. The molecule has 1 atom stereocenters. The fourth-order valence-corrected chi connectivity index (χ4v) is 2.89. The Bertz CT molecular complexity index is 621. The van der Waals surface area contributed by atoms with Crippen molar-refractivity contribution in [3.8, 4) is 0 Å². The molecule has 0 aliphatic carbocycles. The number of benzene rings is 1. The second kappa shape index (κ2) is 5.59. The largest absolute Gasteiger partial charge is 0.338 e. The zero-order valence-electron chi connectivity index (χ0n) is 11.5. The topological polar surface area (TPSA) is 59.2 Å². The molecule has 1 aliphatic heterocycles. The number of carbonyl (C=O) groups excluding carboxylic acids is 1. The smallest absolute Gasteiger partial charge is 0.254 e. The van der Waals surface area contributed by atoms with Crippen LogP contribution in [-0.2, 0) is 0 Å². The minimum atomic E-state index is 0.0988. The first-order chi connectivity index (χ1) is 9.79. The Morgan fingerprint density at radius 3 is 3.05 bits per heavy atom. The lowest BCUT2D eigenvalue weighted by atomic mass is 9.97. The molecular weight excluding hydrogens is 250 g/mol. The van der Waals surface area contributed by atoms with E-state index >= 15 is 0 Å². The Morgan fingerprint density at radius 2 is 2.20 bits per heavy atom. The van der Waals surface area contributed by atoms with Crippen LogP contribution in [0.2, 0.25) is 0 Å². The molecule has 0 bridgehead atoms. The molecule has 1 aromatic carbocycles. The van der Waals surface area contributed by atoms with Gasteiger partial charge in [0.15, 0.2) is 0 Å². The number of piperidine rings is 1. The van der Waals surface area contributed by atoms with Crippen molar-refractivity contribution in [2.75, 3.05) is 19.6 Å². The molecular formula is C16H19N3O. The molecule has 1 aliphatic rings. The van der Waals surface area contributed by atoms with E-state index in [-0.39, 0.29) is 5.91 Å². The van der Waals surface area contributed by atoms with Gasteiger partial charge in [0.1, 0.15) is 0 Å². The Hall–Kier alpha value is -1.94. The first-order valence-corrected chi connectivity index (χ1v) is 7.12. The SMILES string of the molecule is NCC1CCCN(C(=O)c2ccnc3ccccc23)C1. The van der Waals surface area contributed by atoms with Gasteiger partial charge in [-0.05, 0) is 37.4 Å². The molecule has 2 N–H and O–H groups in total. The maximum absolute atomic E-state index is 12.7. The van der Waals surface area contributed by atoms with E-state index in [2.05, 4.69) is 4.98 Å². The molecule has 4 heteroatoms. The summed E-state index contributed by atoms with van der Waals surface area (Å²) in [5.74, 6) is 0.530. The number of nitrogens with two attached hydrogens (primary N) is 1. The number of para-hydroxylation sites is 1. The molecule has 0 saturated carbocycles. The molecule has 104 valence electrons. The van der Waals surface area contributed by atoms with Crippen molar-refractivity contribution in [1.29, 1.82) is 0 Å². The van der Waals surface area contributed by atoms with E-state index in [1.165, 1.54) is 0 Å². The first kappa shape index (κ1) is 13.1. The third kappa shape index (κ3) is 2.39. The lowest BCUT2D eigenvalue weighted by molar-refractivity contribution is 0.0680. The summed E-state index contributed by atoms with van der Waals surface area (Å²) in [6.07, 6.45) is 3.87. The molecule has 1 fully saturated rings. The Balaban J connectivity index is 1.92. The van der Waals surface area contributed by atoms with E-state index in [0.717, 1.165) is 42.4 Å². The summed E-state index contributed by atoms with van der Waals surface area (Å²) in [4.78, 5) is 19.0. The fourth-order valence-electron chi connectivity index (χ4n) is 2.89. The second-order valence-corrected chi connectivity index (χ2v) is 5.37. The van der Waals surface area contributed by atoms with Gasteiger partial charge < -0.3 is 10.6 Å². The molecule has 1 unspecified atom stereocenters. The van der Waals surface area contributed by atoms with Gasteiger partial charge in [-0.1, -0.05) is 18.2 Å². The van der Waals surface area contributed by atoms with E-state index in [9.17, 15) is 4.79 Å². The number of hydrogen-bond acceptors (Lipinski definition) is 3. The molecule has 20 heavy (non-hydrogen) atoms. The van der Waals surface area contributed by atoms with Crippen LogP contribution in [0.3, 0.4) is 0 Å². The average Bonchev–Trinajstić information content (AvgIpc) is 2.53. The Kier molecular flexibility index (Phi) is 3.65. The third-order valence-electron chi connectivity index (χ3n) is 4.02. The van der Waals surface area contributed by atoms with Crippen LogP contribution >= 0.6 is 0 Å². The second-order valence-electron chi connectivity index (χ2n) is 5.37. The van der Waals surface area contributed by atoms with Gasteiger partial charge in [-0.15, -0.1) is 0 Å². The van der Waals surface area contributed by atoms with Crippen LogP contribution in [0.1, 0.15) is 23.2 Å². The van der Waals surface area contributed by atoms with Crippen molar-refractivity contribution in [1.82, 2.24) is 9.88 Å². The first-order valence-electron chi connectivity index (χ1n) is 7.12. The van der Waals surface area contributed by atoms with Gasteiger partial charge in [0, 0.05) is 24.7 Å². The quantitative estimate of drug-likeness (QED) is 0.907. The number of pyridine rings is 1. The molecule has 3 rings (SSSR count). The highest BCUT2D eigenvalue weighted by Crippen LogP contribution is 2.21. The fraction of sp³-hybridized carbons (Fsp3) is 0.375. The lowest BCUT2D eigenvalue weighted by Gasteiger charge is -2.32. The Labute approximate surface area is 118 Å². The number of carbonyl (C=O) groups is 1. The zero-order chi connectivity index (χ0) is 13.9. The third-order valence-corrected chi connectivity index (χ3v) is 4.02. The number of likely N-dealkylation sites (tertiary alicyclic amines) is 1. The van der Waals surface area contributed by atoms with Gasteiger partial charge in [-0.25, -0.2) is 0 Å². The highest BCUT2D eigenvalue weighted by atomic mass is 16.2. The van der Waals surface area contributed by atoms with E-state index < -0.39 is 0 Å². The van der Waals surface area contributed by atoms with Crippen molar-refractivity contribution < 1.29 is 4.79 Å². The van der Waals surface area contributed by atoms with Crippen molar-refractivity contribution >= 4 is 16.8 Å². The molecule has 2 heterocycles. The minimum Gasteiger partial charge on any atom is -0.338 e. The van der Waals surface area contributed by atoms with Gasteiger partial charge >= 0.3 is 0 Å². The molecule has 0 radical (unpaired) electrons. The van der Waals surface area contributed by atoms with Crippen molar-refractivity contribution in [2.45, 2.75) is 12.8 Å². The van der Waals surface area contributed by atoms with Crippen molar-refractivity contribution in [2.24, 2.45) is 11.7 Å². The molecule has 1 amide bonds. The van der Waals surface area contributed by atoms with Gasteiger partial charge in [-0.2, -0.15) is 0 Å². The predicted molar refractivity (Wildman–Crippen MR) is 79.4 cm³/mol. The number of amides is 1. The highest BCUT2D eigenvalue weighted by molar-refractivity contribution is 6.05. The van der Waals surface area contributed by atoms with Crippen LogP contribution in [0, 0.1) is 5.92 Å². The molecule has 1 aromatic heterocycles. The summed E-state index contributed by atoms with van der Waals surface area (Å²) in [5, 5.41) is 0.926. The van der Waals surface area contributed by atoms with E-state index in [0.29, 0.717) is 12.5 Å². The standard InChI is InChI=1S/C16H19N3O/c17-10-12-4-3-9-19(11-12)16(20)14-7-8-18-15-6-2-1-5-13(14)15/h1-2,5-8,12H,3-4,9-11,17H2. The number of nitrogens with zero attached hydrogens (tertiary/aromatic N) is 2. The van der Waals surface area contributed by atoms with Crippen LogP contribution in [0.5, 0.6) is 0 Å². The molecule has 1 saturated heterocycles. The number of hydrogen-bond donors (Lipinski definition) is 1. The van der Waals surface area contributed by atoms with Crippen molar-refractivity contribution in [3.05, 3.63) is 42.1 Å². The highest BCUT2D eigenvalue weighted by Gasteiger charge is 2.24. The molecule has 0 spiro atoms. The van der Waals surface area contributed by atoms with Crippen LogP contribution in [0.25, 0.3) is 10.9 Å². The van der Waals surface area contributed by atoms with Crippen LogP contribution in [-0.4, -0.2) is 35.4 Å². The van der Waals surface area contributed by atoms with Gasteiger partial charge in [0.05, 0.1) is 11.1 Å². The summed E-state index contributed by atoms with van der Waals surface area (Å²) in [5.41, 5.74) is 7.36. The summed E-state index contributed by atoms with van der Waals surface area (Å²) in [6, 6.07) is 9.59. The Morgan fingerprint density at radius 1 is 1.35 bits per heavy atom. The summed E-state index contributed by atoms with van der Waals surface area (Å²) >= 11 is 0. The number of aromatic nitrogens is 1. The average molecular weight is 269 g/mol. The predicted octanol–water partition coefficient (Wildman–Crippen LogP) is 2.05. The van der Waals surface area contributed by atoms with E-state index in [1.54, 1.807) is 6.20 Å². The van der Waals surface area contributed by atoms with E-state index in [4.69, 9.17) is 5.73 Å². The summed E-state index contributed by atoms with van der Waals surface area (Å²) in [6.45, 7) is 2.25. The molecule has 2 aromatic rings. The van der Waals surface area contributed by atoms with Crippen LogP contribution < -0.4 is 5.73 Å². The van der Waals surface area contributed by atoms with Gasteiger partial charge in [0.25, 0.3) is 5.91 Å². The van der Waals surface area contributed by atoms with Gasteiger partial charge in [0.2, 0.25) is 0 Å². The van der Waals surface area contributed by atoms with E-state index in [1.807, 2.05) is 35.2 Å². The number of rotatable bonds is 2. The maximum atomic E-state index is 12.7. The van der Waals surface area contributed by atoms with Crippen molar-refractivity contribution in [3.63, 3.8) is 0 Å².